The number of aliphatic hydroxyl groups is 2. The van der Waals surface area contributed by atoms with E-state index in [-0.39, 0.29) is 24.5 Å². The summed E-state index contributed by atoms with van der Waals surface area (Å²) in [6, 6.07) is 0. The highest BCUT2D eigenvalue weighted by Crippen LogP contribution is 2.38. The van der Waals surface area contributed by atoms with E-state index in [0.29, 0.717) is 4.58 Å². The summed E-state index contributed by atoms with van der Waals surface area (Å²) in [6.07, 6.45) is 0.910. The van der Waals surface area contributed by atoms with Crippen LogP contribution in [0.4, 0.5) is 0 Å². The Morgan fingerprint density at radius 2 is 1.86 bits per heavy atom. The molecule has 0 amide bonds. The predicted molar refractivity (Wildman–Crippen MR) is 64.7 cm³/mol. The fraction of sp³-hybridized carbons (Fsp3) is 1.00. The number of aliphatic hydroxyl groups excluding tert-OH is 2. The fourth-order valence-corrected chi connectivity index (χ4v) is 4.76. The van der Waals surface area contributed by atoms with Crippen molar-refractivity contribution < 1.29 is 10.2 Å². The summed E-state index contributed by atoms with van der Waals surface area (Å²) in [5.41, 5.74) is 0. The molecule has 0 aromatic carbocycles. The second kappa shape index (κ2) is 6.26. The minimum atomic E-state index is -0.372. The molecule has 1 fully saturated rings. The molecule has 0 unspecified atom stereocenters. The van der Waals surface area contributed by atoms with Crippen molar-refractivity contribution in [3.8, 4) is 0 Å². The minimum absolute atomic E-state index is 0.00636. The lowest BCUT2D eigenvalue weighted by atomic mass is 9.95. The van der Waals surface area contributed by atoms with Crippen LogP contribution in [0.1, 0.15) is 20.3 Å². The van der Waals surface area contributed by atoms with Gasteiger partial charge in [0.2, 0.25) is 0 Å². The van der Waals surface area contributed by atoms with Crippen molar-refractivity contribution in [2.24, 2.45) is 11.8 Å². The highest BCUT2D eigenvalue weighted by molar-refractivity contribution is 8.17. The highest BCUT2D eigenvalue weighted by Gasteiger charge is 2.29. The third kappa shape index (κ3) is 3.33. The summed E-state index contributed by atoms with van der Waals surface area (Å²) in [5, 5.41) is 18.9. The average Bonchev–Trinajstić information content (AvgIpc) is 2.27. The summed E-state index contributed by atoms with van der Waals surface area (Å²) >= 11 is 3.90. The maximum Gasteiger partial charge on any atom is 0.0631 e. The zero-order valence-electron chi connectivity index (χ0n) is 8.85. The maximum atomic E-state index is 9.95. The molecule has 1 aliphatic rings. The van der Waals surface area contributed by atoms with E-state index in [9.17, 15) is 5.11 Å². The SMILES string of the molecule is C[C@H](CO)[C@H](O)[C@H](C)C1SCCCS1. The van der Waals surface area contributed by atoms with E-state index < -0.39 is 0 Å². The number of hydrogen-bond acceptors (Lipinski definition) is 4. The van der Waals surface area contributed by atoms with Crippen LogP contribution >= 0.6 is 23.5 Å². The maximum absolute atomic E-state index is 9.95. The van der Waals surface area contributed by atoms with Crippen LogP contribution in [0.2, 0.25) is 0 Å². The lowest BCUT2D eigenvalue weighted by Gasteiger charge is -2.32. The fourth-order valence-electron chi connectivity index (χ4n) is 1.60. The van der Waals surface area contributed by atoms with Gasteiger partial charge < -0.3 is 10.2 Å². The molecule has 0 aliphatic carbocycles. The predicted octanol–water partition coefficient (Wildman–Crippen LogP) is 1.81. The van der Waals surface area contributed by atoms with Crippen LogP contribution in [0.15, 0.2) is 0 Å². The Balaban J connectivity index is 2.41. The first-order valence-corrected chi connectivity index (χ1v) is 7.28. The number of thioether (sulfide) groups is 2. The van der Waals surface area contributed by atoms with Crippen molar-refractivity contribution in [2.45, 2.75) is 31.0 Å². The van der Waals surface area contributed by atoms with Crippen molar-refractivity contribution >= 4 is 23.5 Å². The van der Waals surface area contributed by atoms with E-state index in [2.05, 4.69) is 6.92 Å². The Hall–Kier alpha value is 0.620. The van der Waals surface area contributed by atoms with E-state index >= 15 is 0 Å². The van der Waals surface area contributed by atoms with Gasteiger partial charge in [0.15, 0.2) is 0 Å². The monoisotopic (exact) mass is 236 g/mol. The van der Waals surface area contributed by atoms with Gasteiger partial charge in [0.25, 0.3) is 0 Å². The molecule has 1 aliphatic heterocycles. The van der Waals surface area contributed by atoms with Crippen LogP contribution in [-0.2, 0) is 0 Å². The standard InChI is InChI=1S/C10H20O2S2/c1-7(6-11)9(12)8(2)10-13-4-3-5-14-10/h7-12H,3-6H2,1-2H3/t7-,8+,9+/m1/s1. The molecule has 0 aromatic rings. The van der Waals surface area contributed by atoms with Gasteiger partial charge in [-0.15, -0.1) is 23.5 Å². The van der Waals surface area contributed by atoms with E-state index in [0.717, 1.165) is 0 Å². The van der Waals surface area contributed by atoms with Gasteiger partial charge >= 0.3 is 0 Å². The summed E-state index contributed by atoms with van der Waals surface area (Å²) < 4.78 is 0.507. The van der Waals surface area contributed by atoms with Gasteiger partial charge in [-0.05, 0) is 17.9 Å². The lowest BCUT2D eigenvalue weighted by molar-refractivity contribution is 0.0419. The molecule has 2 nitrogen and oxygen atoms in total. The molecule has 2 N–H and O–H groups in total. The topological polar surface area (TPSA) is 40.5 Å². The third-order valence-corrected chi connectivity index (χ3v) is 6.07. The molecular formula is C10H20O2S2. The average molecular weight is 236 g/mol. The molecule has 0 radical (unpaired) electrons. The molecule has 1 saturated heterocycles. The Kier molecular flexibility index (Phi) is 5.67. The summed E-state index contributed by atoms with van der Waals surface area (Å²) in [6.45, 7) is 4.07. The quantitative estimate of drug-likeness (QED) is 0.781. The zero-order chi connectivity index (χ0) is 10.6. The first kappa shape index (κ1) is 12.7. The highest BCUT2D eigenvalue weighted by atomic mass is 32.2. The third-order valence-electron chi connectivity index (χ3n) is 2.69. The molecular weight excluding hydrogens is 216 g/mol. The van der Waals surface area contributed by atoms with Crippen molar-refractivity contribution in [1.29, 1.82) is 0 Å². The molecule has 1 heterocycles. The first-order chi connectivity index (χ1) is 6.66. The molecule has 3 atom stereocenters. The Morgan fingerprint density at radius 3 is 2.36 bits per heavy atom. The molecule has 0 aromatic heterocycles. The number of hydrogen-bond donors (Lipinski definition) is 2. The van der Waals surface area contributed by atoms with Crippen LogP contribution in [-0.4, -0.2) is 39.0 Å². The van der Waals surface area contributed by atoms with Gasteiger partial charge in [0.05, 0.1) is 10.7 Å². The summed E-state index contributed by atoms with van der Waals surface area (Å²) in [5.74, 6) is 2.69. The van der Waals surface area contributed by atoms with E-state index in [1.807, 2.05) is 30.4 Å². The van der Waals surface area contributed by atoms with E-state index in [1.165, 1.54) is 17.9 Å². The Labute approximate surface area is 94.9 Å². The van der Waals surface area contributed by atoms with E-state index in [4.69, 9.17) is 5.11 Å². The van der Waals surface area contributed by atoms with Gasteiger partial charge in [0, 0.05) is 18.4 Å². The first-order valence-electron chi connectivity index (χ1n) is 5.19. The van der Waals surface area contributed by atoms with Crippen LogP contribution in [0.25, 0.3) is 0 Å². The molecule has 0 bridgehead atoms. The van der Waals surface area contributed by atoms with Gasteiger partial charge in [0.1, 0.15) is 0 Å². The molecule has 0 saturated carbocycles. The number of rotatable bonds is 4. The van der Waals surface area contributed by atoms with Crippen LogP contribution in [0, 0.1) is 11.8 Å². The smallest absolute Gasteiger partial charge is 0.0631 e. The Morgan fingerprint density at radius 1 is 1.29 bits per heavy atom. The molecule has 1 rings (SSSR count). The van der Waals surface area contributed by atoms with Crippen LogP contribution in [0.3, 0.4) is 0 Å². The largest absolute Gasteiger partial charge is 0.396 e. The van der Waals surface area contributed by atoms with E-state index in [1.54, 1.807) is 0 Å². The lowest BCUT2D eigenvalue weighted by Crippen LogP contribution is -2.34. The molecule has 4 heteroatoms. The Bertz CT molecular complexity index is 158. The summed E-state index contributed by atoms with van der Waals surface area (Å²) in [4.78, 5) is 0. The minimum Gasteiger partial charge on any atom is -0.396 e. The second-order valence-electron chi connectivity index (χ2n) is 3.97. The van der Waals surface area contributed by atoms with Gasteiger partial charge in [-0.1, -0.05) is 13.8 Å². The van der Waals surface area contributed by atoms with Gasteiger partial charge in [-0.3, -0.25) is 0 Å². The molecule has 14 heavy (non-hydrogen) atoms. The van der Waals surface area contributed by atoms with Crippen LogP contribution < -0.4 is 0 Å². The normalized spacial score (nSPS) is 25.7. The zero-order valence-corrected chi connectivity index (χ0v) is 10.5. The van der Waals surface area contributed by atoms with Crippen molar-refractivity contribution in [3.05, 3.63) is 0 Å². The molecule has 0 spiro atoms. The van der Waals surface area contributed by atoms with Crippen molar-refractivity contribution in [3.63, 3.8) is 0 Å². The van der Waals surface area contributed by atoms with Gasteiger partial charge in [-0.25, -0.2) is 0 Å². The second-order valence-corrected chi connectivity index (χ2v) is 6.77. The van der Waals surface area contributed by atoms with Crippen molar-refractivity contribution in [2.75, 3.05) is 18.1 Å². The van der Waals surface area contributed by atoms with Gasteiger partial charge in [-0.2, -0.15) is 0 Å². The molecule has 84 valence electrons. The van der Waals surface area contributed by atoms with Crippen LogP contribution in [0.5, 0.6) is 0 Å². The summed E-state index contributed by atoms with van der Waals surface area (Å²) in [7, 11) is 0. The van der Waals surface area contributed by atoms with Crippen molar-refractivity contribution in [1.82, 2.24) is 0 Å².